The molecule has 0 bridgehead atoms. The number of likely N-dealkylation sites (tertiary alicyclic amines) is 1. The van der Waals surface area contributed by atoms with E-state index in [4.69, 9.17) is 0 Å². The van der Waals surface area contributed by atoms with Crippen LogP contribution in [0.5, 0.6) is 0 Å². The van der Waals surface area contributed by atoms with Crippen molar-refractivity contribution in [2.24, 2.45) is 0 Å². The molecule has 1 aromatic heterocycles. The van der Waals surface area contributed by atoms with Crippen LogP contribution in [0.3, 0.4) is 0 Å². The van der Waals surface area contributed by atoms with E-state index in [9.17, 15) is 4.79 Å². The van der Waals surface area contributed by atoms with Crippen molar-refractivity contribution in [3.05, 3.63) is 53.9 Å². The molecule has 134 valence electrons. The summed E-state index contributed by atoms with van der Waals surface area (Å²) in [6, 6.07) is 9.95. The van der Waals surface area contributed by atoms with Gasteiger partial charge in [-0.25, -0.2) is 4.79 Å². The highest BCUT2D eigenvalue weighted by molar-refractivity contribution is 5.73. The van der Waals surface area contributed by atoms with E-state index in [0.717, 1.165) is 25.2 Å². The zero-order valence-corrected chi connectivity index (χ0v) is 14.7. The number of piperidine rings is 1. The third-order valence-corrected chi connectivity index (χ3v) is 4.61. The van der Waals surface area contributed by atoms with Crippen molar-refractivity contribution in [2.45, 2.75) is 32.4 Å². The molecule has 6 nitrogen and oxygen atoms in total. The average Bonchev–Trinajstić information content (AvgIpc) is 3.15. The molecule has 0 unspecified atom stereocenters. The summed E-state index contributed by atoms with van der Waals surface area (Å²) in [4.78, 5) is 14.4. The highest BCUT2D eigenvalue weighted by Gasteiger charge is 2.10. The lowest BCUT2D eigenvalue weighted by molar-refractivity contribution is 0.220. The first kappa shape index (κ1) is 17.5. The molecule has 0 saturated carbocycles. The molecule has 2 aromatic rings. The molecule has 1 aliphatic rings. The van der Waals surface area contributed by atoms with E-state index in [2.05, 4.69) is 26.7 Å². The van der Waals surface area contributed by atoms with Gasteiger partial charge in [0.25, 0.3) is 0 Å². The molecule has 0 aliphatic carbocycles. The van der Waals surface area contributed by atoms with E-state index in [1.165, 1.54) is 24.8 Å². The summed E-state index contributed by atoms with van der Waals surface area (Å²) in [5.74, 6) is 0. The standard InChI is InChI=1S/C19H27N5O/c25-19(20-10-14-23-11-4-1-5-12-23)21-15-17-7-2-3-8-18(17)16-24-13-6-9-22-24/h2-3,6-9,13H,1,4-5,10-12,14-16H2,(H2,20,21,25). The second kappa shape index (κ2) is 9.22. The van der Waals surface area contributed by atoms with Crippen molar-refractivity contribution in [2.75, 3.05) is 26.2 Å². The van der Waals surface area contributed by atoms with Crippen molar-refractivity contribution in [1.82, 2.24) is 25.3 Å². The first-order chi connectivity index (χ1) is 12.3. The molecule has 1 fully saturated rings. The van der Waals surface area contributed by atoms with Crippen molar-refractivity contribution in [1.29, 1.82) is 0 Å². The van der Waals surface area contributed by atoms with Gasteiger partial charge >= 0.3 is 6.03 Å². The Labute approximate surface area is 149 Å². The maximum atomic E-state index is 12.0. The average molecular weight is 341 g/mol. The summed E-state index contributed by atoms with van der Waals surface area (Å²) < 4.78 is 1.89. The predicted octanol–water partition coefficient (Wildman–Crippen LogP) is 2.22. The van der Waals surface area contributed by atoms with Gasteiger partial charge in [0.2, 0.25) is 0 Å². The van der Waals surface area contributed by atoms with Gasteiger partial charge in [-0.1, -0.05) is 30.7 Å². The lowest BCUT2D eigenvalue weighted by atomic mass is 10.1. The molecule has 0 spiro atoms. The van der Waals surface area contributed by atoms with Crippen LogP contribution in [0.2, 0.25) is 0 Å². The fraction of sp³-hybridized carbons (Fsp3) is 0.474. The van der Waals surface area contributed by atoms with Crippen LogP contribution < -0.4 is 10.6 Å². The fourth-order valence-electron chi connectivity index (χ4n) is 3.20. The Hall–Kier alpha value is -2.34. The number of carbonyl (C=O) groups excluding carboxylic acids is 1. The van der Waals surface area contributed by atoms with E-state index in [0.29, 0.717) is 19.6 Å². The van der Waals surface area contributed by atoms with E-state index in [-0.39, 0.29) is 6.03 Å². The topological polar surface area (TPSA) is 62.2 Å². The van der Waals surface area contributed by atoms with Gasteiger partial charge in [0.05, 0.1) is 6.54 Å². The highest BCUT2D eigenvalue weighted by atomic mass is 16.2. The van der Waals surface area contributed by atoms with Crippen LogP contribution in [0.1, 0.15) is 30.4 Å². The predicted molar refractivity (Wildman–Crippen MR) is 98.3 cm³/mol. The molecule has 1 saturated heterocycles. The Bertz CT molecular complexity index is 650. The molecule has 2 N–H and O–H groups in total. The van der Waals surface area contributed by atoms with Gasteiger partial charge in [0.15, 0.2) is 0 Å². The number of nitrogens with zero attached hydrogens (tertiary/aromatic N) is 3. The number of carbonyl (C=O) groups is 1. The Morgan fingerprint density at radius 3 is 2.60 bits per heavy atom. The van der Waals surface area contributed by atoms with Crippen molar-refractivity contribution >= 4 is 6.03 Å². The number of aromatic nitrogens is 2. The van der Waals surface area contributed by atoms with Crippen molar-refractivity contribution < 1.29 is 4.79 Å². The van der Waals surface area contributed by atoms with Gasteiger partial charge in [-0.3, -0.25) is 4.68 Å². The summed E-state index contributed by atoms with van der Waals surface area (Å²) in [5.41, 5.74) is 2.28. The molecule has 1 aliphatic heterocycles. The molecule has 6 heteroatoms. The van der Waals surface area contributed by atoms with Crippen LogP contribution in [0.15, 0.2) is 42.7 Å². The van der Waals surface area contributed by atoms with Crippen LogP contribution >= 0.6 is 0 Å². The van der Waals surface area contributed by atoms with Crippen LogP contribution in [-0.4, -0.2) is 46.9 Å². The van der Waals surface area contributed by atoms with Crippen molar-refractivity contribution in [3.8, 4) is 0 Å². The summed E-state index contributed by atoms with van der Waals surface area (Å²) in [5, 5.41) is 10.2. The lowest BCUT2D eigenvalue weighted by Crippen LogP contribution is -2.41. The van der Waals surface area contributed by atoms with Gasteiger partial charge < -0.3 is 15.5 Å². The SMILES string of the molecule is O=C(NCCN1CCCCC1)NCc1ccccc1Cn1cccn1. The number of hydrogen-bond acceptors (Lipinski definition) is 3. The highest BCUT2D eigenvalue weighted by Crippen LogP contribution is 2.10. The molecule has 2 amide bonds. The van der Waals surface area contributed by atoms with E-state index in [1.807, 2.05) is 35.1 Å². The normalized spacial score (nSPS) is 15.0. The maximum absolute atomic E-state index is 12.0. The molecular weight excluding hydrogens is 314 g/mol. The fourth-order valence-corrected chi connectivity index (χ4v) is 3.20. The summed E-state index contributed by atoms with van der Waals surface area (Å²) in [6.45, 7) is 5.17. The van der Waals surface area contributed by atoms with Gasteiger partial charge in [0.1, 0.15) is 0 Å². The minimum absolute atomic E-state index is 0.106. The summed E-state index contributed by atoms with van der Waals surface area (Å²) in [6.07, 6.45) is 7.61. The van der Waals surface area contributed by atoms with Crippen LogP contribution in [0.4, 0.5) is 4.79 Å². The number of nitrogens with one attached hydrogen (secondary N) is 2. The number of amides is 2. The van der Waals surface area contributed by atoms with Crippen molar-refractivity contribution in [3.63, 3.8) is 0 Å². The van der Waals surface area contributed by atoms with E-state index in [1.54, 1.807) is 6.20 Å². The molecule has 25 heavy (non-hydrogen) atoms. The third-order valence-electron chi connectivity index (χ3n) is 4.61. The maximum Gasteiger partial charge on any atom is 0.315 e. The smallest absolute Gasteiger partial charge is 0.315 e. The first-order valence-corrected chi connectivity index (χ1v) is 9.09. The Kier molecular flexibility index (Phi) is 6.45. The largest absolute Gasteiger partial charge is 0.337 e. The minimum Gasteiger partial charge on any atom is -0.337 e. The molecular formula is C19H27N5O. The summed E-state index contributed by atoms with van der Waals surface area (Å²) >= 11 is 0. The Balaban J connectivity index is 1.42. The molecule has 1 aromatic carbocycles. The second-order valence-electron chi connectivity index (χ2n) is 6.48. The summed E-state index contributed by atoms with van der Waals surface area (Å²) in [7, 11) is 0. The van der Waals surface area contributed by atoms with Gasteiger partial charge in [0, 0.05) is 32.0 Å². The third kappa shape index (κ3) is 5.60. The number of benzene rings is 1. The van der Waals surface area contributed by atoms with Gasteiger partial charge in [-0.2, -0.15) is 5.10 Å². The minimum atomic E-state index is -0.106. The number of hydrogen-bond donors (Lipinski definition) is 2. The second-order valence-corrected chi connectivity index (χ2v) is 6.48. The molecule has 0 radical (unpaired) electrons. The van der Waals surface area contributed by atoms with E-state index < -0.39 is 0 Å². The molecule has 0 atom stereocenters. The van der Waals surface area contributed by atoms with E-state index >= 15 is 0 Å². The van der Waals surface area contributed by atoms with Crippen LogP contribution in [0, 0.1) is 0 Å². The van der Waals surface area contributed by atoms with Gasteiger partial charge in [-0.15, -0.1) is 0 Å². The van der Waals surface area contributed by atoms with Crippen LogP contribution in [0.25, 0.3) is 0 Å². The van der Waals surface area contributed by atoms with Crippen LogP contribution in [-0.2, 0) is 13.1 Å². The monoisotopic (exact) mass is 341 g/mol. The molecule has 2 heterocycles. The van der Waals surface area contributed by atoms with Gasteiger partial charge in [-0.05, 0) is 43.1 Å². The quantitative estimate of drug-likeness (QED) is 0.812. The number of urea groups is 1. The zero-order chi connectivity index (χ0) is 17.3. The lowest BCUT2D eigenvalue weighted by Gasteiger charge is -2.26. The molecule has 3 rings (SSSR count). The Morgan fingerprint density at radius 1 is 1.04 bits per heavy atom. The first-order valence-electron chi connectivity index (χ1n) is 9.09. The number of rotatable bonds is 7. The Morgan fingerprint density at radius 2 is 1.84 bits per heavy atom. The zero-order valence-electron chi connectivity index (χ0n) is 14.7.